The van der Waals surface area contributed by atoms with Crippen LogP contribution in [0.4, 0.5) is 18.9 Å². The molecule has 2 unspecified atom stereocenters. The number of carbonyl (C=O) groups excluding carboxylic acids is 2. The molecule has 1 amide bonds. The number of alkyl halides is 3. The number of rotatable bonds is 6. The quantitative estimate of drug-likeness (QED) is 0.840. The summed E-state index contributed by atoms with van der Waals surface area (Å²) in [6, 6.07) is 7.99. The molecule has 1 aromatic carbocycles. The van der Waals surface area contributed by atoms with E-state index in [1.165, 1.54) is 19.1 Å². The second-order valence-corrected chi connectivity index (χ2v) is 5.79. The Morgan fingerprint density at radius 2 is 1.65 bits per heavy atom. The second-order valence-electron chi connectivity index (χ2n) is 5.79. The molecular weight excluding hydrogens is 311 g/mol. The summed E-state index contributed by atoms with van der Waals surface area (Å²) in [5, 5.41) is 12.8. The van der Waals surface area contributed by atoms with Gasteiger partial charge in [0.1, 0.15) is 5.78 Å². The molecular formula is C16H20F3NO3. The second kappa shape index (κ2) is 6.70. The number of amides is 1. The highest BCUT2D eigenvalue weighted by atomic mass is 19.4. The van der Waals surface area contributed by atoms with Crippen molar-refractivity contribution in [1.82, 2.24) is 0 Å². The summed E-state index contributed by atoms with van der Waals surface area (Å²) in [5.74, 6) is -1.89. The predicted octanol–water partition coefficient (Wildman–Crippen LogP) is 3.31. The average molecular weight is 331 g/mol. The summed E-state index contributed by atoms with van der Waals surface area (Å²) in [4.78, 5) is 24.4. The highest BCUT2D eigenvalue weighted by molar-refractivity contribution is 6.02. The van der Waals surface area contributed by atoms with Gasteiger partial charge in [-0.3, -0.25) is 9.59 Å². The highest BCUT2D eigenvalue weighted by Gasteiger charge is 2.57. The normalized spacial score (nSPS) is 17.0. The summed E-state index contributed by atoms with van der Waals surface area (Å²) >= 11 is 0. The number of hydrogen-bond donors (Lipinski definition) is 2. The minimum Gasteiger partial charge on any atom is -0.379 e. The van der Waals surface area contributed by atoms with E-state index in [1.54, 1.807) is 18.2 Å². The van der Waals surface area contributed by atoms with Gasteiger partial charge in [0, 0.05) is 12.1 Å². The molecule has 23 heavy (non-hydrogen) atoms. The van der Waals surface area contributed by atoms with Crippen molar-refractivity contribution in [2.45, 2.75) is 45.4 Å². The standard InChI is InChI=1S/C16H20F3NO3/c1-4-12(21)14(2,10-16(17,18)19)15(3,23)13(22)20-11-8-6-5-7-9-11/h5-9,23H,4,10H2,1-3H3,(H,20,22). The maximum atomic E-state index is 12.9. The highest BCUT2D eigenvalue weighted by Crippen LogP contribution is 2.43. The van der Waals surface area contributed by atoms with Gasteiger partial charge >= 0.3 is 6.18 Å². The van der Waals surface area contributed by atoms with Crippen LogP contribution in [0, 0.1) is 5.41 Å². The van der Waals surface area contributed by atoms with Crippen LogP contribution in [0.5, 0.6) is 0 Å². The first-order valence-electron chi connectivity index (χ1n) is 7.13. The Hall–Kier alpha value is -1.89. The zero-order valence-electron chi connectivity index (χ0n) is 13.2. The molecule has 128 valence electrons. The van der Waals surface area contributed by atoms with Gasteiger partial charge in [-0.1, -0.05) is 25.1 Å². The molecule has 0 spiro atoms. The van der Waals surface area contributed by atoms with Crippen molar-refractivity contribution in [2.75, 3.05) is 5.32 Å². The Bertz CT molecular complexity index is 570. The third-order valence-electron chi connectivity index (χ3n) is 4.04. The summed E-state index contributed by atoms with van der Waals surface area (Å²) < 4.78 is 38.6. The predicted molar refractivity (Wildman–Crippen MR) is 79.8 cm³/mol. The van der Waals surface area contributed by atoms with Gasteiger partial charge in [0.25, 0.3) is 5.91 Å². The van der Waals surface area contributed by atoms with E-state index in [4.69, 9.17) is 0 Å². The lowest BCUT2D eigenvalue weighted by Crippen LogP contribution is -2.58. The van der Waals surface area contributed by atoms with Crippen LogP contribution < -0.4 is 5.32 Å². The first kappa shape index (κ1) is 19.2. The van der Waals surface area contributed by atoms with E-state index < -0.39 is 35.3 Å². The van der Waals surface area contributed by atoms with Crippen molar-refractivity contribution in [3.05, 3.63) is 30.3 Å². The van der Waals surface area contributed by atoms with Crippen LogP contribution >= 0.6 is 0 Å². The maximum absolute atomic E-state index is 12.9. The fraction of sp³-hybridized carbons (Fsp3) is 0.500. The maximum Gasteiger partial charge on any atom is 0.390 e. The van der Waals surface area contributed by atoms with Crippen LogP contribution in [0.15, 0.2) is 30.3 Å². The number of carbonyl (C=O) groups is 2. The fourth-order valence-electron chi connectivity index (χ4n) is 2.36. The zero-order valence-corrected chi connectivity index (χ0v) is 13.2. The zero-order chi connectivity index (χ0) is 17.9. The van der Waals surface area contributed by atoms with Gasteiger partial charge in [-0.2, -0.15) is 13.2 Å². The molecule has 4 nitrogen and oxygen atoms in total. The molecule has 0 aliphatic rings. The SMILES string of the molecule is CCC(=O)C(C)(CC(F)(F)F)C(C)(O)C(=O)Nc1ccccc1. The molecule has 0 saturated heterocycles. The molecule has 0 aliphatic carbocycles. The van der Waals surface area contributed by atoms with E-state index in [-0.39, 0.29) is 6.42 Å². The van der Waals surface area contributed by atoms with Crippen molar-refractivity contribution in [3.8, 4) is 0 Å². The number of hydrogen-bond acceptors (Lipinski definition) is 3. The van der Waals surface area contributed by atoms with Gasteiger partial charge in [-0.25, -0.2) is 0 Å². The van der Waals surface area contributed by atoms with E-state index in [0.29, 0.717) is 5.69 Å². The summed E-state index contributed by atoms with van der Waals surface area (Å²) in [5.41, 5.74) is -4.49. The molecule has 0 aromatic heterocycles. The number of nitrogens with one attached hydrogen (secondary N) is 1. The average Bonchev–Trinajstić information content (AvgIpc) is 2.45. The Kier molecular flexibility index (Phi) is 5.58. The molecule has 0 fully saturated rings. The molecule has 0 saturated carbocycles. The van der Waals surface area contributed by atoms with Gasteiger partial charge in [0.2, 0.25) is 0 Å². The Morgan fingerprint density at radius 1 is 1.13 bits per heavy atom. The van der Waals surface area contributed by atoms with Gasteiger partial charge in [-0.15, -0.1) is 0 Å². The number of ketones is 1. The monoisotopic (exact) mass is 331 g/mol. The van der Waals surface area contributed by atoms with Crippen LogP contribution in [-0.2, 0) is 9.59 Å². The van der Waals surface area contributed by atoms with Crippen LogP contribution in [0.25, 0.3) is 0 Å². The van der Waals surface area contributed by atoms with Crippen molar-refractivity contribution >= 4 is 17.4 Å². The van der Waals surface area contributed by atoms with Gasteiger partial charge in [0.05, 0.1) is 11.8 Å². The Labute approximate surface area is 132 Å². The summed E-state index contributed by atoms with van der Waals surface area (Å²) in [7, 11) is 0. The molecule has 0 bridgehead atoms. The lowest BCUT2D eigenvalue weighted by Gasteiger charge is -2.40. The minimum absolute atomic E-state index is 0.221. The lowest BCUT2D eigenvalue weighted by molar-refractivity contribution is -0.193. The van der Waals surface area contributed by atoms with Crippen molar-refractivity contribution in [2.24, 2.45) is 5.41 Å². The first-order chi connectivity index (χ1) is 10.4. The fourth-order valence-corrected chi connectivity index (χ4v) is 2.36. The molecule has 1 rings (SSSR count). The number of aliphatic hydroxyl groups is 1. The number of benzene rings is 1. The number of halogens is 3. The van der Waals surface area contributed by atoms with Crippen molar-refractivity contribution in [1.29, 1.82) is 0 Å². The Balaban J connectivity index is 3.16. The van der Waals surface area contributed by atoms with Gasteiger partial charge in [-0.05, 0) is 26.0 Å². The minimum atomic E-state index is -4.70. The van der Waals surface area contributed by atoms with E-state index in [9.17, 15) is 27.9 Å². The largest absolute Gasteiger partial charge is 0.390 e. The topological polar surface area (TPSA) is 66.4 Å². The molecule has 2 N–H and O–H groups in total. The third-order valence-corrected chi connectivity index (χ3v) is 4.04. The van der Waals surface area contributed by atoms with E-state index in [2.05, 4.69) is 5.32 Å². The van der Waals surface area contributed by atoms with E-state index in [1.807, 2.05) is 0 Å². The molecule has 0 radical (unpaired) electrons. The van der Waals surface area contributed by atoms with Crippen LogP contribution in [0.1, 0.15) is 33.6 Å². The van der Waals surface area contributed by atoms with Crippen molar-refractivity contribution < 1.29 is 27.9 Å². The molecule has 2 atom stereocenters. The molecule has 1 aromatic rings. The van der Waals surface area contributed by atoms with Crippen molar-refractivity contribution in [3.63, 3.8) is 0 Å². The lowest BCUT2D eigenvalue weighted by atomic mass is 9.67. The Morgan fingerprint density at radius 3 is 2.09 bits per heavy atom. The van der Waals surface area contributed by atoms with Crippen LogP contribution in [0.3, 0.4) is 0 Å². The molecule has 0 aliphatic heterocycles. The number of para-hydroxylation sites is 1. The van der Waals surface area contributed by atoms with Gasteiger partial charge in [0.15, 0.2) is 5.60 Å². The van der Waals surface area contributed by atoms with Gasteiger partial charge < -0.3 is 10.4 Å². The number of Topliss-reactive ketones (excluding diaryl/α,β-unsaturated/α-hetero) is 1. The number of anilines is 1. The third kappa shape index (κ3) is 4.31. The first-order valence-corrected chi connectivity index (χ1v) is 7.13. The summed E-state index contributed by atoms with van der Waals surface area (Å²) in [6.07, 6.45) is -6.50. The molecule has 0 heterocycles. The van der Waals surface area contributed by atoms with E-state index >= 15 is 0 Å². The summed E-state index contributed by atoms with van der Waals surface area (Å²) in [6.45, 7) is 3.30. The van der Waals surface area contributed by atoms with Crippen LogP contribution in [0.2, 0.25) is 0 Å². The van der Waals surface area contributed by atoms with E-state index in [0.717, 1.165) is 13.8 Å². The van der Waals surface area contributed by atoms with Crippen LogP contribution in [-0.4, -0.2) is 28.6 Å². The smallest absolute Gasteiger partial charge is 0.379 e. The molecule has 7 heteroatoms.